The third-order valence-corrected chi connectivity index (χ3v) is 4.03. The highest BCUT2D eigenvalue weighted by Crippen LogP contribution is 2.36. The molecule has 3 heterocycles. The van der Waals surface area contributed by atoms with Gasteiger partial charge in [-0.05, 0) is 17.7 Å². The minimum Gasteiger partial charge on any atom is -0.493 e. The first-order valence-corrected chi connectivity index (χ1v) is 7.85. The van der Waals surface area contributed by atoms with E-state index in [0.29, 0.717) is 30.0 Å². The predicted molar refractivity (Wildman–Crippen MR) is 83.8 cm³/mol. The zero-order valence-corrected chi connectivity index (χ0v) is 13.4. The molecule has 4 rings (SSSR count). The maximum atomic E-state index is 12.7. The minimum atomic E-state index is -4.41. The fourth-order valence-electron chi connectivity index (χ4n) is 2.91. The van der Waals surface area contributed by atoms with Gasteiger partial charge in [0.25, 0.3) is 0 Å². The molecule has 0 amide bonds. The Morgan fingerprint density at radius 2 is 2.08 bits per heavy atom. The summed E-state index contributed by atoms with van der Waals surface area (Å²) in [6.45, 7) is -0.984. The van der Waals surface area contributed by atoms with E-state index in [2.05, 4.69) is 15.2 Å². The lowest BCUT2D eigenvalue weighted by molar-refractivity contribution is -0.142. The molecule has 26 heavy (non-hydrogen) atoms. The molecule has 0 unspecified atom stereocenters. The molecule has 0 atom stereocenters. The summed E-state index contributed by atoms with van der Waals surface area (Å²) in [7, 11) is 0. The van der Waals surface area contributed by atoms with Crippen LogP contribution in [0.2, 0.25) is 0 Å². The molecular weight excluding hydrogens is 351 g/mol. The fraction of sp³-hybridized carbons (Fsp3) is 0.312. The van der Waals surface area contributed by atoms with E-state index in [-0.39, 0.29) is 12.6 Å². The standard InChI is InChI=1S/C16H14F3N5O2/c17-16(18,19)8-24-15(20-9-21-24)23-6-12-11-5-10(7-25)1-2-14(11)26-4-3-13(12)22-23/h1-2,5-6,9,25H,3-4,7-8H2. The van der Waals surface area contributed by atoms with E-state index in [1.807, 2.05) is 0 Å². The summed E-state index contributed by atoms with van der Waals surface area (Å²) in [4.78, 5) is 3.91. The summed E-state index contributed by atoms with van der Waals surface area (Å²) in [6.07, 6.45) is -1.24. The van der Waals surface area contributed by atoms with Crippen LogP contribution < -0.4 is 4.74 Å². The first-order valence-electron chi connectivity index (χ1n) is 7.85. The van der Waals surface area contributed by atoms with E-state index < -0.39 is 12.7 Å². The summed E-state index contributed by atoms with van der Waals surface area (Å²) in [5, 5.41) is 17.4. The fourth-order valence-corrected chi connectivity index (χ4v) is 2.91. The molecule has 1 aliphatic heterocycles. The van der Waals surface area contributed by atoms with Crippen molar-refractivity contribution in [2.45, 2.75) is 25.7 Å². The van der Waals surface area contributed by atoms with Crippen LogP contribution in [0.4, 0.5) is 13.2 Å². The van der Waals surface area contributed by atoms with Gasteiger partial charge in [0.05, 0.1) is 18.9 Å². The Balaban J connectivity index is 1.79. The Bertz CT molecular complexity index is 948. The smallest absolute Gasteiger partial charge is 0.408 e. The zero-order valence-electron chi connectivity index (χ0n) is 13.4. The van der Waals surface area contributed by atoms with E-state index in [1.165, 1.54) is 4.68 Å². The molecule has 7 nitrogen and oxygen atoms in total. The van der Waals surface area contributed by atoms with Gasteiger partial charge in [-0.1, -0.05) is 6.07 Å². The van der Waals surface area contributed by atoms with Crippen molar-refractivity contribution in [2.75, 3.05) is 6.61 Å². The van der Waals surface area contributed by atoms with Crippen LogP contribution in [0.25, 0.3) is 17.1 Å². The van der Waals surface area contributed by atoms with Gasteiger partial charge in [-0.3, -0.25) is 0 Å². The lowest BCUT2D eigenvalue weighted by atomic mass is 10.0. The van der Waals surface area contributed by atoms with Crippen LogP contribution >= 0.6 is 0 Å². The Labute approximate surface area is 145 Å². The largest absolute Gasteiger partial charge is 0.493 e. The molecule has 2 aromatic heterocycles. The number of nitrogens with zero attached hydrogens (tertiary/aromatic N) is 5. The highest BCUT2D eigenvalue weighted by Gasteiger charge is 2.30. The van der Waals surface area contributed by atoms with Crippen LogP contribution in [0.15, 0.2) is 30.7 Å². The Kier molecular flexibility index (Phi) is 3.91. The zero-order chi connectivity index (χ0) is 18.3. The monoisotopic (exact) mass is 365 g/mol. The molecule has 3 aromatic rings. The van der Waals surface area contributed by atoms with Crippen LogP contribution in [0.3, 0.4) is 0 Å². The average Bonchev–Trinajstić information content (AvgIpc) is 3.17. The molecule has 10 heteroatoms. The van der Waals surface area contributed by atoms with Crippen molar-refractivity contribution in [3.63, 3.8) is 0 Å². The number of hydrogen-bond donors (Lipinski definition) is 1. The summed E-state index contributed by atoms with van der Waals surface area (Å²) in [6, 6.07) is 5.31. The normalized spacial score (nSPS) is 13.7. The van der Waals surface area contributed by atoms with E-state index in [0.717, 1.165) is 22.1 Å². The van der Waals surface area contributed by atoms with Gasteiger partial charge in [-0.25, -0.2) is 9.36 Å². The molecule has 0 radical (unpaired) electrons. The number of benzene rings is 1. The second-order valence-corrected chi connectivity index (χ2v) is 5.85. The van der Waals surface area contributed by atoms with Crippen molar-refractivity contribution >= 4 is 0 Å². The van der Waals surface area contributed by atoms with Gasteiger partial charge < -0.3 is 9.84 Å². The number of rotatable bonds is 3. The Morgan fingerprint density at radius 1 is 1.23 bits per heavy atom. The van der Waals surface area contributed by atoms with Crippen LogP contribution in [0, 0.1) is 0 Å². The SMILES string of the molecule is OCc1ccc2c(c1)-c1cn(-c3ncnn3CC(F)(F)F)nc1CCO2. The third-order valence-electron chi connectivity index (χ3n) is 4.03. The van der Waals surface area contributed by atoms with Gasteiger partial charge in [0.2, 0.25) is 5.95 Å². The van der Waals surface area contributed by atoms with Gasteiger partial charge in [-0.15, -0.1) is 0 Å². The van der Waals surface area contributed by atoms with Gasteiger partial charge >= 0.3 is 6.18 Å². The van der Waals surface area contributed by atoms with Crippen LogP contribution in [-0.4, -0.2) is 42.4 Å². The Morgan fingerprint density at radius 3 is 2.85 bits per heavy atom. The van der Waals surface area contributed by atoms with Crippen molar-refractivity contribution in [3.05, 3.63) is 42.0 Å². The number of alkyl halides is 3. The number of aromatic nitrogens is 5. The first-order chi connectivity index (χ1) is 12.4. The molecular formula is C16H14F3N5O2. The molecule has 0 aliphatic carbocycles. The quantitative estimate of drug-likeness (QED) is 0.769. The van der Waals surface area contributed by atoms with Gasteiger partial charge in [0.15, 0.2) is 0 Å². The van der Waals surface area contributed by atoms with Gasteiger partial charge in [0, 0.05) is 23.7 Å². The summed E-state index contributed by atoms with van der Waals surface area (Å²) >= 11 is 0. The van der Waals surface area contributed by atoms with Crippen molar-refractivity contribution in [1.29, 1.82) is 0 Å². The lowest BCUT2D eigenvalue weighted by Gasteiger charge is -2.09. The summed E-state index contributed by atoms with van der Waals surface area (Å²) in [5.74, 6) is 0.619. The van der Waals surface area contributed by atoms with Crippen LogP contribution in [0.5, 0.6) is 5.75 Å². The number of hydrogen-bond acceptors (Lipinski definition) is 5. The first kappa shape index (κ1) is 16.6. The molecule has 0 fully saturated rings. The van der Waals surface area contributed by atoms with Gasteiger partial charge in [0.1, 0.15) is 18.6 Å². The topological polar surface area (TPSA) is 78.0 Å². The van der Waals surface area contributed by atoms with Crippen molar-refractivity contribution in [3.8, 4) is 22.8 Å². The van der Waals surface area contributed by atoms with E-state index in [1.54, 1.807) is 24.4 Å². The average molecular weight is 365 g/mol. The number of ether oxygens (including phenoxy) is 1. The maximum Gasteiger partial charge on any atom is 0.408 e. The maximum absolute atomic E-state index is 12.7. The molecule has 0 bridgehead atoms. The Hall–Kier alpha value is -2.88. The van der Waals surface area contributed by atoms with Gasteiger partial charge in [-0.2, -0.15) is 28.4 Å². The van der Waals surface area contributed by atoms with Crippen LogP contribution in [0.1, 0.15) is 11.3 Å². The van der Waals surface area contributed by atoms with E-state index in [9.17, 15) is 18.3 Å². The molecule has 1 N–H and O–H groups in total. The molecule has 136 valence electrons. The minimum absolute atomic E-state index is 0.0174. The second kappa shape index (κ2) is 6.13. The molecule has 0 saturated heterocycles. The molecule has 1 aliphatic rings. The van der Waals surface area contributed by atoms with E-state index in [4.69, 9.17) is 4.74 Å². The predicted octanol–water partition coefficient (Wildman–Crippen LogP) is 2.12. The van der Waals surface area contributed by atoms with Crippen molar-refractivity contribution < 1.29 is 23.0 Å². The highest BCUT2D eigenvalue weighted by atomic mass is 19.4. The molecule has 0 saturated carbocycles. The van der Waals surface area contributed by atoms with Crippen LogP contribution in [-0.2, 0) is 19.6 Å². The van der Waals surface area contributed by atoms with E-state index >= 15 is 0 Å². The number of aliphatic hydroxyl groups is 1. The third kappa shape index (κ3) is 3.03. The number of aliphatic hydroxyl groups excluding tert-OH is 1. The number of fused-ring (bicyclic) bond motifs is 3. The van der Waals surface area contributed by atoms with Crippen molar-refractivity contribution in [2.24, 2.45) is 0 Å². The summed E-state index contributed by atoms with van der Waals surface area (Å²) in [5.41, 5.74) is 2.85. The lowest BCUT2D eigenvalue weighted by Crippen LogP contribution is -2.21. The summed E-state index contributed by atoms with van der Waals surface area (Å²) < 4.78 is 45.9. The van der Waals surface area contributed by atoms with Crippen molar-refractivity contribution in [1.82, 2.24) is 24.5 Å². The second-order valence-electron chi connectivity index (χ2n) is 5.85. The highest BCUT2D eigenvalue weighted by molar-refractivity contribution is 5.73. The molecule has 1 aromatic carbocycles. The molecule has 0 spiro atoms. The number of halogens is 3.